The summed E-state index contributed by atoms with van der Waals surface area (Å²) in [5.74, 6) is 0.00918. The average Bonchev–Trinajstić information content (AvgIpc) is 3.30. The number of ether oxygens (including phenoxy) is 1. The summed E-state index contributed by atoms with van der Waals surface area (Å²) in [6.45, 7) is 7.28. The molecule has 8 nitrogen and oxygen atoms in total. The SMILES string of the molecule is CCN1CCN(c2ccc(C(=O)Nc3n[nH]c4cnc(-c5c(F)cccc5OC)cc34)cc2)CC1. The zero-order valence-corrected chi connectivity index (χ0v) is 19.7. The van der Waals surface area contributed by atoms with Gasteiger partial charge in [-0.15, -0.1) is 0 Å². The molecule has 1 saturated heterocycles. The van der Waals surface area contributed by atoms with E-state index in [1.165, 1.54) is 13.2 Å². The molecule has 3 heterocycles. The topological polar surface area (TPSA) is 86.4 Å². The molecule has 35 heavy (non-hydrogen) atoms. The van der Waals surface area contributed by atoms with Crippen molar-refractivity contribution in [1.82, 2.24) is 20.1 Å². The van der Waals surface area contributed by atoms with Crippen LogP contribution in [0.3, 0.4) is 0 Å². The van der Waals surface area contributed by atoms with Gasteiger partial charge in [0.25, 0.3) is 5.91 Å². The molecule has 0 atom stereocenters. The van der Waals surface area contributed by atoms with Crippen LogP contribution in [-0.2, 0) is 0 Å². The first-order valence-electron chi connectivity index (χ1n) is 11.6. The van der Waals surface area contributed by atoms with Crippen LogP contribution in [0.2, 0.25) is 0 Å². The normalized spacial score (nSPS) is 14.3. The van der Waals surface area contributed by atoms with E-state index in [1.54, 1.807) is 24.4 Å². The Labute approximate surface area is 202 Å². The number of hydrogen-bond donors (Lipinski definition) is 2. The molecule has 0 bridgehead atoms. The second kappa shape index (κ2) is 9.71. The van der Waals surface area contributed by atoms with Gasteiger partial charge in [-0.05, 0) is 49.0 Å². The Bertz CT molecular complexity index is 1350. The van der Waals surface area contributed by atoms with Gasteiger partial charge in [-0.2, -0.15) is 5.10 Å². The summed E-state index contributed by atoms with van der Waals surface area (Å²) < 4.78 is 19.9. The zero-order valence-electron chi connectivity index (χ0n) is 19.7. The van der Waals surface area contributed by atoms with E-state index in [0.29, 0.717) is 33.7 Å². The largest absolute Gasteiger partial charge is 0.496 e. The number of aromatic nitrogens is 3. The number of benzene rings is 2. The minimum atomic E-state index is -0.443. The van der Waals surface area contributed by atoms with Gasteiger partial charge in [-0.3, -0.25) is 14.9 Å². The third-order valence-electron chi connectivity index (χ3n) is 6.44. The van der Waals surface area contributed by atoms with Crippen LogP contribution < -0.4 is 15.0 Å². The lowest BCUT2D eigenvalue weighted by molar-refractivity contribution is 0.102. The number of anilines is 2. The number of aromatic amines is 1. The van der Waals surface area contributed by atoms with Gasteiger partial charge in [0, 0.05) is 42.8 Å². The summed E-state index contributed by atoms with van der Waals surface area (Å²) >= 11 is 0. The van der Waals surface area contributed by atoms with E-state index in [1.807, 2.05) is 24.3 Å². The Kier molecular flexibility index (Phi) is 6.33. The fourth-order valence-electron chi connectivity index (χ4n) is 4.40. The lowest BCUT2D eigenvalue weighted by atomic mass is 10.1. The van der Waals surface area contributed by atoms with Gasteiger partial charge in [-0.1, -0.05) is 13.0 Å². The number of hydrogen-bond acceptors (Lipinski definition) is 6. The van der Waals surface area contributed by atoms with E-state index >= 15 is 0 Å². The number of halogens is 1. The number of rotatable bonds is 6. The summed E-state index contributed by atoms with van der Waals surface area (Å²) in [6, 6.07) is 13.9. The highest BCUT2D eigenvalue weighted by atomic mass is 19.1. The monoisotopic (exact) mass is 474 g/mol. The number of carbonyl (C=O) groups excluding carboxylic acids is 1. The molecule has 0 unspecified atom stereocenters. The van der Waals surface area contributed by atoms with Crippen LogP contribution in [-0.4, -0.2) is 65.8 Å². The minimum absolute atomic E-state index is 0.255. The molecule has 9 heteroatoms. The molecule has 0 saturated carbocycles. The molecule has 0 radical (unpaired) electrons. The van der Waals surface area contributed by atoms with Crippen LogP contribution in [0.1, 0.15) is 17.3 Å². The third kappa shape index (κ3) is 4.54. The van der Waals surface area contributed by atoms with Gasteiger partial charge in [0.15, 0.2) is 5.82 Å². The maximum absolute atomic E-state index is 14.6. The van der Waals surface area contributed by atoms with Gasteiger partial charge >= 0.3 is 0 Å². The van der Waals surface area contributed by atoms with Crippen LogP contribution in [0.4, 0.5) is 15.9 Å². The highest BCUT2D eigenvalue weighted by Gasteiger charge is 2.18. The van der Waals surface area contributed by atoms with Gasteiger partial charge < -0.3 is 19.9 Å². The van der Waals surface area contributed by atoms with Crippen molar-refractivity contribution >= 4 is 28.3 Å². The Morgan fingerprint density at radius 3 is 2.63 bits per heavy atom. The molecule has 1 fully saturated rings. The summed E-state index contributed by atoms with van der Waals surface area (Å²) in [5, 5.41) is 10.6. The van der Waals surface area contributed by atoms with E-state index in [9.17, 15) is 9.18 Å². The van der Waals surface area contributed by atoms with Crippen LogP contribution in [0.25, 0.3) is 22.2 Å². The number of H-pyrrole nitrogens is 1. The number of fused-ring (bicyclic) bond motifs is 1. The van der Waals surface area contributed by atoms with E-state index in [0.717, 1.165) is 38.4 Å². The quantitative estimate of drug-likeness (QED) is 0.436. The van der Waals surface area contributed by atoms with Gasteiger partial charge in [0.2, 0.25) is 0 Å². The lowest BCUT2D eigenvalue weighted by Gasteiger charge is -2.35. The first kappa shape index (κ1) is 22.8. The number of amides is 1. The average molecular weight is 475 g/mol. The molecule has 1 amide bonds. The van der Waals surface area contributed by atoms with Crippen molar-refractivity contribution in [3.63, 3.8) is 0 Å². The molecule has 2 aromatic heterocycles. The fraction of sp³-hybridized carbons (Fsp3) is 0.269. The van der Waals surface area contributed by atoms with Gasteiger partial charge in [0.05, 0.1) is 30.1 Å². The van der Waals surface area contributed by atoms with Crippen LogP contribution in [0, 0.1) is 5.82 Å². The predicted molar refractivity (Wildman–Crippen MR) is 135 cm³/mol. The van der Waals surface area contributed by atoms with Crippen LogP contribution in [0.5, 0.6) is 5.75 Å². The van der Waals surface area contributed by atoms with Crippen molar-refractivity contribution in [3.05, 3.63) is 66.1 Å². The molecular formula is C26H27FN6O2. The molecular weight excluding hydrogens is 447 g/mol. The van der Waals surface area contributed by atoms with Crippen molar-refractivity contribution < 1.29 is 13.9 Å². The van der Waals surface area contributed by atoms with Crippen LogP contribution in [0.15, 0.2) is 54.7 Å². The molecule has 4 aromatic rings. The Balaban J connectivity index is 1.35. The number of methoxy groups -OCH3 is 1. The molecule has 180 valence electrons. The lowest BCUT2D eigenvalue weighted by Crippen LogP contribution is -2.46. The summed E-state index contributed by atoms with van der Waals surface area (Å²) in [6.07, 6.45) is 1.56. The summed E-state index contributed by atoms with van der Waals surface area (Å²) in [5.41, 5.74) is 2.91. The molecule has 0 aliphatic carbocycles. The molecule has 0 spiro atoms. The van der Waals surface area contributed by atoms with Gasteiger partial charge in [-0.25, -0.2) is 4.39 Å². The Morgan fingerprint density at radius 2 is 1.91 bits per heavy atom. The summed E-state index contributed by atoms with van der Waals surface area (Å²) in [4.78, 5) is 22.1. The predicted octanol–water partition coefficient (Wildman–Crippen LogP) is 4.17. The maximum atomic E-state index is 14.6. The minimum Gasteiger partial charge on any atom is -0.496 e. The molecule has 1 aliphatic rings. The molecule has 1 aliphatic heterocycles. The fourth-order valence-corrected chi connectivity index (χ4v) is 4.40. The first-order valence-corrected chi connectivity index (χ1v) is 11.6. The Hall–Kier alpha value is -3.98. The maximum Gasteiger partial charge on any atom is 0.256 e. The van der Waals surface area contributed by atoms with Gasteiger partial charge in [0.1, 0.15) is 11.6 Å². The number of likely N-dealkylation sites (N-methyl/N-ethyl adjacent to an activating group) is 1. The van der Waals surface area contributed by atoms with Crippen molar-refractivity contribution in [3.8, 4) is 17.0 Å². The Morgan fingerprint density at radius 1 is 1.14 bits per heavy atom. The second-order valence-electron chi connectivity index (χ2n) is 8.43. The highest BCUT2D eigenvalue weighted by Crippen LogP contribution is 2.33. The van der Waals surface area contributed by atoms with Crippen molar-refractivity contribution in [2.75, 3.05) is 50.1 Å². The first-order chi connectivity index (χ1) is 17.1. The number of carbonyl (C=O) groups is 1. The van der Waals surface area contributed by atoms with E-state index in [4.69, 9.17) is 4.74 Å². The number of nitrogens with zero attached hydrogens (tertiary/aromatic N) is 4. The molecule has 5 rings (SSSR count). The summed E-state index contributed by atoms with van der Waals surface area (Å²) in [7, 11) is 1.48. The number of pyridine rings is 1. The number of piperazine rings is 1. The van der Waals surface area contributed by atoms with E-state index < -0.39 is 5.82 Å². The van der Waals surface area contributed by atoms with Crippen molar-refractivity contribution in [2.45, 2.75) is 6.92 Å². The molecule has 2 N–H and O–H groups in total. The smallest absolute Gasteiger partial charge is 0.256 e. The van der Waals surface area contributed by atoms with Crippen LogP contribution >= 0.6 is 0 Å². The molecule has 2 aromatic carbocycles. The van der Waals surface area contributed by atoms with E-state index in [2.05, 4.69) is 37.2 Å². The van der Waals surface area contributed by atoms with Crippen molar-refractivity contribution in [2.24, 2.45) is 0 Å². The van der Waals surface area contributed by atoms with E-state index in [-0.39, 0.29) is 11.5 Å². The zero-order chi connectivity index (χ0) is 24.4. The number of nitrogens with one attached hydrogen (secondary N) is 2. The van der Waals surface area contributed by atoms with Crippen molar-refractivity contribution in [1.29, 1.82) is 0 Å². The highest BCUT2D eigenvalue weighted by molar-refractivity contribution is 6.08. The third-order valence-corrected chi connectivity index (χ3v) is 6.44. The standard InChI is InChI=1S/C26H27FN6O2/c1-3-32-11-13-33(14-12-32)18-9-7-17(8-10-18)26(34)29-25-19-15-21(28-16-22(19)30-31-25)24-20(27)5-4-6-23(24)35-2/h4-10,15-16H,3,11-14H2,1-2H3,(H2,29,30,31,34). The second-order valence-corrected chi connectivity index (χ2v) is 8.43.